The van der Waals surface area contributed by atoms with E-state index in [2.05, 4.69) is 21.5 Å². The van der Waals surface area contributed by atoms with Crippen LogP contribution in [-0.2, 0) is 17.6 Å². The van der Waals surface area contributed by atoms with Crippen molar-refractivity contribution < 1.29 is 19.4 Å². The minimum absolute atomic E-state index is 0.0842. The predicted molar refractivity (Wildman–Crippen MR) is 145 cm³/mol. The van der Waals surface area contributed by atoms with Gasteiger partial charge in [-0.05, 0) is 61.2 Å². The first-order valence-corrected chi connectivity index (χ1v) is 13.3. The molecule has 4 aromatic rings. The first-order chi connectivity index (χ1) is 19.0. The molecule has 6 rings (SSSR count). The van der Waals surface area contributed by atoms with Crippen LogP contribution in [0, 0.1) is 0 Å². The lowest BCUT2D eigenvalue weighted by molar-refractivity contribution is -0.137. The monoisotopic (exact) mass is 526 g/mol. The van der Waals surface area contributed by atoms with E-state index >= 15 is 0 Å². The molecule has 39 heavy (non-hydrogen) atoms. The van der Waals surface area contributed by atoms with Gasteiger partial charge in [-0.3, -0.25) is 24.2 Å². The average Bonchev–Trinajstić information content (AvgIpc) is 3.34. The van der Waals surface area contributed by atoms with E-state index in [1.165, 1.54) is 6.20 Å². The number of carboxylic acids is 1. The largest absolute Gasteiger partial charge is 0.493 e. The number of ether oxygens (including phenoxy) is 1. The SMILES string of the molecule is O=C(O)CC(c1cncc(C(=O)N2CCC2)c1)n1ncc2cc(OCCc3ccc4c(n3)CCCN4)ccc21. The number of hydrogen-bond acceptors (Lipinski definition) is 7. The van der Waals surface area contributed by atoms with Crippen molar-refractivity contribution in [1.29, 1.82) is 0 Å². The fraction of sp³-hybridized carbons (Fsp3) is 0.345. The predicted octanol–water partition coefficient (Wildman–Crippen LogP) is 3.72. The number of aliphatic carboxylic acids is 1. The number of hydrogen-bond donors (Lipinski definition) is 2. The molecule has 1 fully saturated rings. The summed E-state index contributed by atoms with van der Waals surface area (Å²) in [6, 6.07) is 10.9. The van der Waals surface area contributed by atoms with Crippen LogP contribution in [0.4, 0.5) is 5.69 Å². The van der Waals surface area contributed by atoms with Crippen molar-refractivity contribution in [3.8, 4) is 5.75 Å². The average molecular weight is 527 g/mol. The molecular weight excluding hydrogens is 496 g/mol. The van der Waals surface area contributed by atoms with Crippen LogP contribution < -0.4 is 10.1 Å². The number of amides is 1. The molecule has 5 heterocycles. The van der Waals surface area contributed by atoms with E-state index in [0.717, 1.165) is 66.9 Å². The van der Waals surface area contributed by atoms with Gasteiger partial charge < -0.3 is 20.1 Å². The van der Waals surface area contributed by atoms with Crippen LogP contribution in [0.3, 0.4) is 0 Å². The van der Waals surface area contributed by atoms with Crippen molar-refractivity contribution in [2.24, 2.45) is 0 Å². The summed E-state index contributed by atoms with van der Waals surface area (Å²) in [5, 5.41) is 18.4. The second-order valence-corrected chi connectivity index (χ2v) is 10.0. The number of likely N-dealkylation sites (tertiary alicyclic amines) is 1. The Morgan fingerprint density at radius 2 is 1.97 bits per heavy atom. The van der Waals surface area contributed by atoms with Gasteiger partial charge in [0.1, 0.15) is 5.75 Å². The Balaban J connectivity index is 1.19. The number of carbonyl (C=O) groups excluding carboxylic acids is 1. The Morgan fingerprint density at radius 3 is 2.79 bits per heavy atom. The van der Waals surface area contributed by atoms with Gasteiger partial charge in [0.2, 0.25) is 0 Å². The molecule has 1 atom stereocenters. The van der Waals surface area contributed by atoms with Gasteiger partial charge in [-0.15, -0.1) is 0 Å². The van der Waals surface area contributed by atoms with E-state index in [9.17, 15) is 14.7 Å². The summed E-state index contributed by atoms with van der Waals surface area (Å²) < 4.78 is 7.71. The van der Waals surface area contributed by atoms with Crippen LogP contribution in [-0.4, -0.2) is 67.9 Å². The van der Waals surface area contributed by atoms with Gasteiger partial charge in [0, 0.05) is 49.5 Å². The summed E-state index contributed by atoms with van der Waals surface area (Å²) in [5.41, 5.74) is 5.11. The molecule has 10 nitrogen and oxygen atoms in total. The maximum absolute atomic E-state index is 12.7. The number of aryl methyl sites for hydroxylation is 1. The van der Waals surface area contributed by atoms with Crippen LogP contribution >= 0.6 is 0 Å². The van der Waals surface area contributed by atoms with Crippen LogP contribution in [0.25, 0.3) is 10.9 Å². The van der Waals surface area contributed by atoms with Gasteiger partial charge in [-0.1, -0.05) is 0 Å². The first-order valence-electron chi connectivity index (χ1n) is 13.3. The number of nitrogens with zero attached hydrogens (tertiary/aromatic N) is 5. The molecule has 0 aliphatic carbocycles. The minimum Gasteiger partial charge on any atom is -0.493 e. The molecule has 200 valence electrons. The molecule has 2 aliphatic heterocycles. The van der Waals surface area contributed by atoms with Crippen molar-refractivity contribution in [1.82, 2.24) is 24.6 Å². The molecule has 1 saturated heterocycles. The zero-order valence-electron chi connectivity index (χ0n) is 21.5. The number of nitrogens with one attached hydrogen (secondary N) is 1. The molecule has 10 heteroatoms. The van der Waals surface area contributed by atoms with Gasteiger partial charge in [-0.2, -0.15) is 5.10 Å². The zero-order chi connectivity index (χ0) is 26.8. The molecule has 2 aliphatic rings. The summed E-state index contributed by atoms with van der Waals surface area (Å²) in [4.78, 5) is 35.3. The highest BCUT2D eigenvalue weighted by Crippen LogP contribution is 2.29. The van der Waals surface area contributed by atoms with Gasteiger partial charge in [-0.25, -0.2) is 0 Å². The van der Waals surface area contributed by atoms with E-state index in [0.29, 0.717) is 29.9 Å². The molecular formula is C29H30N6O4. The van der Waals surface area contributed by atoms with Crippen LogP contribution in [0.2, 0.25) is 0 Å². The lowest BCUT2D eigenvalue weighted by atomic mass is 10.0. The number of aromatic nitrogens is 4. The Bertz CT molecular complexity index is 1530. The molecule has 1 amide bonds. The Morgan fingerprint density at radius 1 is 1.08 bits per heavy atom. The number of benzene rings is 1. The van der Waals surface area contributed by atoms with Crippen molar-refractivity contribution in [3.63, 3.8) is 0 Å². The number of rotatable bonds is 9. The smallest absolute Gasteiger partial charge is 0.305 e. The fourth-order valence-corrected chi connectivity index (χ4v) is 5.13. The molecule has 0 spiro atoms. The molecule has 1 unspecified atom stereocenters. The summed E-state index contributed by atoms with van der Waals surface area (Å²) in [5.74, 6) is -0.339. The van der Waals surface area contributed by atoms with Gasteiger partial charge in [0.25, 0.3) is 5.91 Å². The molecule has 0 saturated carbocycles. The summed E-state index contributed by atoms with van der Waals surface area (Å²) >= 11 is 0. The first kappa shape index (κ1) is 24.8. The number of carboxylic acid groups (broad SMARTS) is 1. The maximum atomic E-state index is 12.7. The second kappa shape index (κ2) is 10.7. The highest BCUT2D eigenvalue weighted by molar-refractivity contribution is 5.94. The standard InChI is InChI=1S/C29H30N6O4/c36-28(37)15-27(19-13-21(17-30-16-19)29(38)34-10-2-11-34)35-26-7-5-23(14-20(26)18-32-35)39-12-8-22-4-6-24-25(33-22)3-1-9-31-24/h4-7,13-14,16-18,27,31H,1-3,8-12,15H2,(H,36,37). The summed E-state index contributed by atoms with van der Waals surface area (Å²) in [6.07, 6.45) is 8.44. The normalized spacial score (nSPS) is 15.2. The third-order valence-corrected chi connectivity index (χ3v) is 7.33. The van der Waals surface area contributed by atoms with E-state index in [1.807, 2.05) is 24.3 Å². The molecule has 0 bridgehead atoms. The number of anilines is 1. The summed E-state index contributed by atoms with van der Waals surface area (Å²) in [6.45, 7) is 2.95. The third kappa shape index (κ3) is 5.27. The van der Waals surface area contributed by atoms with Crippen LogP contribution in [0.15, 0.2) is 55.0 Å². The second-order valence-electron chi connectivity index (χ2n) is 10.0. The van der Waals surface area contributed by atoms with Gasteiger partial charge in [0.15, 0.2) is 0 Å². The molecule has 2 N–H and O–H groups in total. The molecule has 0 radical (unpaired) electrons. The minimum atomic E-state index is -0.963. The lowest BCUT2D eigenvalue weighted by Crippen LogP contribution is -2.42. The highest BCUT2D eigenvalue weighted by atomic mass is 16.5. The van der Waals surface area contributed by atoms with Crippen LogP contribution in [0.5, 0.6) is 5.75 Å². The van der Waals surface area contributed by atoms with E-state index in [-0.39, 0.29) is 12.3 Å². The lowest BCUT2D eigenvalue weighted by Gasteiger charge is -2.31. The van der Waals surface area contributed by atoms with E-state index in [1.54, 1.807) is 28.0 Å². The van der Waals surface area contributed by atoms with Crippen molar-refractivity contribution in [2.45, 2.75) is 38.1 Å². The fourth-order valence-electron chi connectivity index (χ4n) is 5.13. The Labute approximate surface area is 225 Å². The zero-order valence-corrected chi connectivity index (χ0v) is 21.5. The molecule has 1 aromatic carbocycles. The van der Waals surface area contributed by atoms with Crippen molar-refractivity contribution in [3.05, 3.63) is 77.5 Å². The number of pyridine rings is 2. The number of carbonyl (C=O) groups is 2. The number of fused-ring (bicyclic) bond motifs is 2. The topological polar surface area (TPSA) is 122 Å². The Hall–Kier alpha value is -4.47. The van der Waals surface area contributed by atoms with Crippen molar-refractivity contribution >= 4 is 28.5 Å². The quantitative estimate of drug-likeness (QED) is 0.338. The molecule has 3 aromatic heterocycles. The van der Waals surface area contributed by atoms with E-state index < -0.39 is 12.0 Å². The maximum Gasteiger partial charge on any atom is 0.305 e. The Kier molecular flexibility index (Phi) is 6.83. The van der Waals surface area contributed by atoms with Crippen molar-refractivity contribution in [2.75, 3.05) is 31.6 Å². The highest BCUT2D eigenvalue weighted by Gasteiger charge is 2.25. The van der Waals surface area contributed by atoms with Crippen LogP contribution in [0.1, 0.15) is 52.6 Å². The van der Waals surface area contributed by atoms with Gasteiger partial charge >= 0.3 is 5.97 Å². The van der Waals surface area contributed by atoms with E-state index in [4.69, 9.17) is 9.72 Å². The summed E-state index contributed by atoms with van der Waals surface area (Å²) in [7, 11) is 0. The third-order valence-electron chi connectivity index (χ3n) is 7.33. The van der Waals surface area contributed by atoms with Gasteiger partial charge in [0.05, 0.1) is 47.7 Å².